The minimum Gasteiger partial charge on any atom is -0.338 e. The van der Waals surface area contributed by atoms with E-state index in [-0.39, 0.29) is 6.03 Å². The Labute approximate surface area is 140 Å². The van der Waals surface area contributed by atoms with E-state index in [0.717, 1.165) is 36.5 Å². The van der Waals surface area contributed by atoms with Gasteiger partial charge in [-0.25, -0.2) is 14.8 Å². The quantitative estimate of drug-likeness (QED) is 0.852. The SMILES string of the molecule is CCc1cnc(CNC(=O)NCCc2cn3c(n2)CCCC3)s1. The molecule has 0 saturated carbocycles. The summed E-state index contributed by atoms with van der Waals surface area (Å²) in [5.41, 5.74) is 1.06. The molecule has 2 amide bonds. The summed E-state index contributed by atoms with van der Waals surface area (Å²) < 4.78 is 2.24. The number of amides is 2. The summed E-state index contributed by atoms with van der Waals surface area (Å²) in [5.74, 6) is 1.19. The number of thiazole rings is 1. The summed E-state index contributed by atoms with van der Waals surface area (Å²) in [5, 5.41) is 6.67. The Balaban J connectivity index is 1.38. The maximum absolute atomic E-state index is 11.8. The van der Waals surface area contributed by atoms with Gasteiger partial charge in [0.15, 0.2) is 0 Å². The summed E-state index contributed by atoms with van der Waals surface area (Å²) in [4.78, 5) is 22.0. The highest BCUT2D eigenvalue weighted by atomic mass is 32.1. The van der Waals surface area contributed by atoms with Crippen LogP contribution in [0.3, 0.4) is 0 Å². The second-order valence-electron chi connectivity index (χ2n) is 5.73. The average molecular weight is 333 g/mol. The minimum absolute atomic E-state index is 0.151. The zero-order valence-corrected chi connectivity index (χ0v) is 14.3. The van der Waals surface area contributed by atoms with E-state index >= 15 is 0 Å². The number of rotatable bonds is 6. The molecule has 3 rings (SSSR count). The largest absolute Gasteiger partial charge is 0.338 e. The first kappa shape index (κ1) is 16.0. The van der Waals surface area contributed by atoms with Crippen LogP contribution in [0.4, 0.5) is 4.79 Å². The van der Waals surface area contributed by atoms with Crippen LogP contribution in [0.15, 0.2) is 12.4 Å². The number of hydrogen-bond donors (Lipinski definition) is 2. The van der Waals surface area contributed by atoms with Crippen molar-refractivity contribution >= 4 is 17.4 Å². The van der Waals surface area contributed by atoms with Crippen LogP contribution in [0.25, 0.3) is 0 Å². The number of imidazole rings is 1. The maximum Gasteiger partial charge on any atom is 0.315 e. The molecular weight excluding hydrogens is 310 g/mol. The van der Waals surface area contributed by atoms with E-state index in [9.17, 15) is 4.79 Å². The maximum atomic E-state index is 11.8. The van der Waals surface area contributed by atoms with Gasteiger partial charge < -0.3 is 15.2 Å². The molecule has 124 valence electrons. The Morgan fingerprint density at radius 3 is 3.09 bits per heavy atom. The molecule has 0 spiro atoms. The number of hydrogen-bond acceptors (Lipinski definition) is 4. The molecule has 1 aliphatic rings. The Hall–Kier alpha value is -1.89. The van der Waals surface area contributed by atoms with Gasteiger partial charge in [-0.2, -0.15) is 0 Å². The molecule has 0 unspecified atom stereocenters. The summed E-state index contributed by atoms with van der Waals surface area (Å²) >= 11 is 1.64. The van der Waals surface area contributed by atoms with Gasteiger partial charge in [-0.1, -0.05) is 6.92 Å². The van der Waals surface area contributed by atoms with Crippen LogP contribution in [0.2, 0.25) is 0 Å². The third-order valence-corrected chi connectivity index (χ3v) is 5.12. The van der Waals surface area contributed by atoms with Crippen LogP contribution in [0.1, 0.15) is 41.2 Å². The smallest absolute Gasteiger partial charge is 0.315 e. The lowest BCUT2D eigenvalue weighted by molar-refractivity contribution is 0.240. The fourth-order valence-corrected chi connectivity index (χ4v) is 3.51. The zero-order valence-electron chi connectivity index (χ0n) is 13.5. The van der Waals surface area contributed by atoms with Crippen molar-refractivity contribution in [2.45, 2.75) is 52.1 Å². The van der Waals surface area contributed by atoms with Crippen molar-refractivity contribution < 1.29 is 4.79 Å². The van der Waals surface area contributed by atoms with Crippen LogP contribution < -0.4 is 10.6 Å². The predicted octanol–water partition coefficient (Wildman–Crippen LogP) is 2.28. The number of nitrogens with one attached hydrogen (secondary N) is 2. The Kier molecular flexibility index (Phi) is 5.27. The lowest BCUT2D eigenvalue weighted by Crippen LogP contribution is -2.36. The molecule has 1 aliphatic heterocycles. The second-order valence-corrected chi connectivity index (χ2v) is 6.93. The van der Waals surface area contributed by atoms with E-state index in [2.05, 4.69) is 38.3 Å². The number of urea groups is 1. The molecule has 0 saturated heterocycles. The van der Waals surface area contributed by atoms with Crippen molar-refractivity contribution in [3.05, 3.63) is 33.8 Å². The van der Waals surface area contributed by atoms with E-state index < -0.39 is 0 Å². The van der Waals surface area contributed by atoms with Gasteiger partial charge in [0.1, 0.15) is 10.8 Å². The fourth-order valence-electron chi connectivity index (χ4n) is 2.71. The first-order valence-corrected chi connectivity index (χ1v) is 9.06. The lowest BCUT2D eigenvalue weighted by atomic mass is 10.2. The Morgan fingerprint density at radius 2 is 2.30 bits per heavy atom. The van der Waals surface area contributed by atoms with Crippen molar-refractivity contribution in [2.24, 2.45) is 0 Å². The van der Waals surface area contributed by atoms with Crippen molar-refractivity contribution in [3.63, 3.8) is 0 Å². The van der Waals surface area contributed by atoms with Crippen molar-refractivity contribution in [1.29, 1.82) is 0 Å². The van der Waals surface area contributed by atoms with Crippen molar-refractivity contribution in [1.82, 2.24) is 25.2 Å². The van der Waals surface area contributed by atoms with Gasteiger partial charge in [0, 0.05) is 43.2 Å². The highest BCUT2D eigenvalue weighted by Gasteiger charge is 2.12. The van der Waals surface area contributed by atoms with Gasteiger partial charge in [-0.05, 0) is 19.3 Å². The number of carbonyl (C=O) groups excluding carboxylic acids is 1. The van der Waals surface area contributed by atoms with Crippen LogP contribution in [-0.2, 0) is 32.4 Å². The molecule has 0 radical (unpaired) electrons. The van der Waals surface area contributed by atoms with Crippen LogP contribution in [-0.4, -0.2) is 27.1 Å². The molecule has 2 N–H and O–H groups in total. The number of carbonyl (C=O) groups is 1. The standard InChI is InChI=1S/C16H23N5OS/c1-2-13-9-18-15(23-13)10-19-16(22)17-7-6-12-11-21-8-4-3-5-14(21)20-12/h9,11H,2-8,10H2,1H3,(H2,17,19,22). The summed E-state index contributed by atoms with van der Waals surface area (Å²) in [6.45, 7) is 4.25. The zero-order chi connectivity index (χ0) is 16.1. The first-order chi connectivity index (χ1) is 11.2. The van der Waals surface area contributed by atoms with E-state index in [1.54, 1.807) is 11.3 Å². The molecule has 2 aromatic heterocycles. The molecule has 2 aromatic rings. The van der Waals surface area contributed by atoms with E-state index in [4.69, 9.17) is 0 Å². The molecule has 6 nitrogen and oxygen atoms in total. The van der Waals surface area contributed by atoms with Gasteiger partial charge in [0.2, 0.25) is 0 Å². The number of aryl methyl sites for hydroxylation is 3. The average Bonchev–Trinajstić information content (AvgIpc) is 3.19. The highest BCUT2D eigenvalue weighted by molar-refractivity contribution is 7.11. The van der Waals surface area contributed by atoms with Crippen LogP contribution >= 0.6 is 11.3 Å². The predicted molar refractivity (Wildman–Crippen MR) is 90.6 cm³/mol. The minimum atomic E-state index is -0.151. The van der Waals surface area contributed by atoms with Crippen molar-refractivity contribution in [3.8, 4) is 0 Å². The monoisotopic (exact) mass is 333 g/mol. The molecule has 0 aliphatic carbocycles. The second kappa shape index (κ2) is 7.59. The molecule has 0 atom stereocenters. The molecule has 3 heterocycles. The molecule has 7 heteroatoms. The van der Waals surface area contributed by atoms with Crippen LogP contribution in [0.5, 0.6) is 0 Å². The molecule has 0 fully saturated rings. The van der Waals surface area contributed by atoms with E-state index in [1.165, 1.54) is 23.5 Å². The number of fused-ring (bicyclic) bond motifs is 1. The van der Waals surface area contributed by atoms with E-state index in [0.29, 0.717) is 13.1 Å². The van der Waals surface area contributed by atoms with Gasteiger partial charge in [0.25, 0.3) is 0 Å². The van der Waals surface area contributed by atoms with Crippen LogP contribution in [0, 0.1) is 0 Å². The van der Waals surface area contributed by atoms with E-state index in [1.807, 2.05) is 6.20 Å². The van der Waals surface area contributed by atoms with Gasteiger partial charge >= 0.3 is 6.03 Å². The normalized spacial score (nSPS) is 13.6. The van der Waals surface area contributed by atoms with Crippen molar-refractivity contribution in [2.75, 3.05) is 6.54 Å². The topological polar surface area (TPSA) is 71.8 Å². The summed E-state index contributed by atoms with van der Waals surface area (Å²) in [6.07, 6.45) is 9.29. The lowest BCUT2D eigenvalue weighted by Gasteiger charge is -2.11. The number of nitrogens with zero attached hydrogens (tertiary/aromatic N) is 3. The third-order valence-electron chi connectivity index (χ3n) is 3.98. The highest BCUT2D eigenvalue weighted by Crippen LogP contribution is 2.14. The molecule has 0 aromatic carbocycles. The first-order valence-electron chi connectivity index (χ1n) is 8.25. The molecule has 23 heavy (non-hydrogen) atoms. The Bertz CT molecular complexity index is 640. The summed E-state index contributed by atoms with van der Waals surface area (Å²) in [7, 11) is 0. The third kappa shape index (κ3) is 4.31. The van der Waals surface area contributed by atoms with Gasteiger partial charge in [-0.15, -0.1) is 11.3 Å². The van der Waals surface area contributed by atoms with Gasteiger partial charge in [-0.3, -0.25) is 0 Å². The van der Waals surface area contributed by atoms with Gasteiger partial charge in [0.05, 0.1) is 12.2 Å². The molecular formula is C16H23N5OS. The Morgan fingerprint density at radius 1 is 1.39 bits per heavy atom. The summed E-state index contributed by atoms with van der Waals surface area (Å²) in [6, 6.07) is -0.151. The fraction of sp³-hybridized carbons (Fsp3) is 0.562. The number of aromatic nitrogens is 3. The molecule has 0 bridgehead atoms.